The number of hydrogen-bond donors (Lipinski definition) is 0. The summed E-state index contributed by atoms with van der Waals surface area (Å²) < 4.78 is 96.6. The van der Waals surface area contributed by atoms with Crippen LogP contribution in [0.25, 0.3) is 0 Å². The number of ether oxygens (including phenoxy) is 1. The summed E-state index contributed by atoms with van der Waals surface area (Å²) in [5, 5.41) is 0. The van der Waals surface area contributed by atoms with Crippen LogP contribution in [0.2, 0.25) is 0 Å². The summed E-state index contributed by atoms with van der Waals surface area (Å²) in [4.78, 5) is 0. The zero-order chi connectivity index (χ0) is 19.5. The highest BCUT2D eigenvalue weighted by Crippen LogP contribution is 2.35. The van der Waals surface area contributed by atoms with Crippen molar-refractivity contribution in [1.29, 1.82) is 0 Å². The molecule has 0 N–H and O–H groups in total. The molecule has 0 saturated carbocycles. The second kappa shape index (κ2) is 7.65. The van der Waals surface area contributed by atoms with Gasteiger partial charge in [-0.25, -0.2) is 8.78 Å². The van der Waals surface area contributed by atoms with Crippen molar-refractivity contribution in [3.8, 4) is 0 Å². The largest absolute Gasteiger partial charge is 0.422 e. The van der Waals surface area contributed by atoms with Crippen molar-refractivity contribution in [3.63, 3.8) is 0 Å². The van der Waals surface area contributed by atoms with Crippen LogP contribution in [-0.2, 0) is 30.4 Å². The van der Waals surface area contributed by atoms with Crippen LogP contribution >= 0.6 is 0 Å². The number of alkyl halides is 5. The maximum absolute atomic E-state index is 13.8. The van der Waals surface area contributed by atoms with Crippen LogP contribution in [-0.4, -0.2) is 6.11 Å². The van der Waals surface area contributed by atoms with Crippen molar-refractivity contribution in [2.45, 2.75) is 38.7 Å². The van der Waals surface area contributed by atoms with Crippen LogP contribution in [0.1, 0.15) is 29.2 Å². The minimum atomic E-state index is -5.25. The molecular weight excluding hydrogens is 365 g/mol. The highest BCUT2D eigenvalue weighted by atomic mass is 19.4. The first kappa shape index (κ1) is 20.2. The standard InChI is InChI=1S/C18H15F7O/c1-2-11-3-5-12(6-4-11)10-26-17(21,22)9-13-7-14(19)16(15(20)8-13)18(23,24)25/h3-8H,2,9-10H2,1H3. The van der Waals surface area contributed by atoms with Crippen molar-refractivity contribution < 1.29 is 35.5 Å². The summed E-state index contributed by atoms with van der Waals surface area (Å²) in [5.74, 6) is -3.89. The molecule has 0 bridgehead atoms. The van der Waals surface area contributed by atoms with Crippen molar-refractivity contribution in [2.75, 3.05) is 0 Å². The fourth-order valence-electron chi connectivity index (χ4n) is 2.35. The third kappa shape index (κ3) is 5.20. The Morgan fingerprint density at radius 2 is 1.31 bits per heavy atom. The van der Waals surface area contributed by atoms with Crippen molar-refractivity contribution in [3.05, 3.63) is 70.3 Å². The Morgan fingerprint density at radius 1 is 0.808 bits per heavy atom. The molecule has 0 aliphatic carbocycles. The van der Waals surface area contributed by atoms with Gasteiger partial charge >= 0.3 is 12.3 Å². The van der Waals surface area contributed by atoms with Crippen LogP contribution in [0.15, 0.2) is 36.4 Å². The molecule has 0 spiro atoms. The minimum absolute atomic E-state index is 0.235. The number of benzene rings is 2. The molecule has 1 nitrogen and oxygen atoms in total. The van der Waals surface area contributed by atoms with E-state index in [0.29, 0.717) is 5.56 Å². The maximum Gasteiger partial charge on any atom is 0.422 e. The van der Waals surface area contributed by atoms with Gasteiger partial charge in [0.15, 0.2) is 0 Å². The summed E-state index contributed by atoms with van der Waals surface area (Å²) in [6.07, 6.45) is -9.53. The Bertz CT molecular complexity index is 728. The van der Waals surface area contributed by atoms with Gasteiger partial charge in [0.1, 0.15) is 17.2 Å². The van der Waals surface area contributed by atoms with Gasteiger partial charge in [-0.3, -0.25) is 0 Å². The van der Waals surface area contributed by atoms with E-state index in [2.05, 4.69) is 4.74 Å². The molecule has 0 unspecified atom stereocenters. The smallest absolute Gasteiger partial charge is 0.315 e. The quantitative estimate of drug-likeness (QED) is 0.567. The lowest BCUT2D eigenvalue weighted by Crippen LogP contribution is -2.24. The molecule has 2 rings (SSSR count). The molecule has 0 atom stereocenters. The fourth-order valence-corrected chi connectivity index (χ4v) is 2.35. The van der Waals surface area contributed by atoms with E-state index in [-0.39, 0.29) is 12.1 Å². The summed E-state index contributed by atoms with van der Waals surface area (Å²) in [5.41, 5.74) is -1.27. The first-order chi connectivity index (χ1) is 12.0. The third-order valence-corrected chi connectivity index (χ3v) is 3.68. The Labute approximate surface area is 145 Å². The summed E-state index contributed by atoms with van der Waals surface area (Å²) in [7, 11) is 0. The van der Waals surface area contributed by atoms with E-state index in [0.717, 1.165) is 12.0 Å². The van der Waals surface area contributed by atoms with E-state index in [1.54, 1.807) is 24.3 Å². The van der Waals surface area contributed by atoms with Gasteiger partial charge in [-0.15, -0.1) is 0 Å². The van der Waals surface area contributed by atoms with E-state index in [4.69, 9.17) is 0 Å². The number of rotatable bonds is 6. The highest BCUT2D eigenvalue weighted by Gasteiger charge is 2.39. The Kier molecular flexibility index (Phi) is 5.95. The van der Waals surface area contributed by atoms with Crippen molar-refractivity contribution in [1.82, 2.24) is 0 Å². The molecule has 0 amide bonds. The van der Waals surface area contributed by atoms with Crippen LogP contribution in [0, 0.1) is 11.6 Å². The lowest BCUT2D eigenvalue weighted by atomic mass is 10.1. The van der Waals surface area contributed by atoms with Crippen LogP contribution in [0.4, 0.5) is 30.7 Å². The highest BCUT2D eigenvalue weighted by molar-refractivity contribution is 5.29. The molecule has 0 radical (unpaired) electrons. The van der Waals surface area contributed by atoms with E-state index in [1.165, 1.54) is 0 Å². The second-order valence-corrected chi connectivity index (χ2v) is 5.71. The van der Waals surface area contributed by atoms with Gasteiger partial charge in [0, 0.05) is 0 Å². The molecule has 142 valence electrons. The van der Waals surface area contributed by atoms with Gasteiger partial charge in [0.2, 0.25) is 0 Å². The van der Waals surface area contributed by atoms with Gasteiger partial charge < -0.3 is 4.74 Å². The van der Waals surface area contributed by atoms with E-state index in [1.807, 2.05) is 6.92 Å². The fraction of sp³-hybridized carbons (Fsp3) is 0.333. The predicted octanol–water partition coefficient (Wildman–Crippen LogP) is 5.90. The maximum atomic E-state index is 13.8. The molecule has 0 aliphatic heterocycles. The van der Waals surface area contributed by atoms with E-state index in [9.17, 15) is 30.7 Å². The normalized spacial score (nSPS) is 12.5. The Hall–Kier alpha value is -2.09. The third-order valence-electron chi connectivity index (χ3n) is 3.68. The van der Waals surface area contributed by atoms with E-state index < -0.39 is 48.1 Å². The van der Waals surface area contributed by atoms with Gasteiger partial charge in [-0.1, -0.05) is 31.2 Å². The number of halogens is 7. The first-order valence-electron chi connectivity index (χ1n) is 7.66. The molecule has 2 aromatic rings. The summed E-state index contributed by atoms with van der Waals surface area (Å²) in [6.45, 7) is 1.48. The minimum Gasteiger partial charge on any atom is -0.315 e. The van der Waals surface area contributed by atoms with Crippen LogP contribution in [0.3, 0.4) is 0 Å². The molecular formula is C18H15F7O. The number of aryl methyl sites for hydroxylation is 1. The van der Waals surface area contributed by atoms with Gasteiger partial charge in [-0.05, 0) is 35.2 Å². The molecule has 26 heavy (non-hydrogen) atoms. The van der Waals surface area contributed by atoms with Crippen LogP contribution < -0.4 is 0 Å². The molecule has 0 saturated heterocycles. The monoisotopic (exact) mass is 380 g/mol. The Morgan fingerprint density at radius 3 is 1.77 bits per heavy atom. The van der Waals surface area contributed by atoms with Crippen LogP contribution in [0.5, 0.6) is 0 Å². The molecule has 0 heterocycles. The molecule has 0 fully saturated rings. The summed E-state index contributed by atoms with van der Waals surface area (Å²) in [6, 6.07) is 7.17. The van der Waals surface area contributed by atoms with E-state index >= 15 is 0 Å². The lowest BCUT2D eigenvalue weighted by molar-refractivity contribution is -0.244. The van der Waals surface area contributed by atoms with Crippen molar-refractivity contribution >= 4 is 0 Å². The average Bonchev–Trinajstić information content (AvgIpc) is 2.51. The zero-order valence-corrected chi connectivity index (χ0v) is 13.6. The molecule has 2 aromatic carbocycles. The predicted molar refractivity (Wildman–Crippen MR) is 80.6 cm³/mol. The SMILES string of the molecule is CCc1ccc(COC(F)(F)Cc2cc(F)c(C(F)(F)F)c(F)c2)cc1. The lowest BCUT2D eigenvalue weighted by Gasteiger charge is -2.18. The zero-order valence-electron chi connectivity index (χ0n) is 13.6. The van der Waals surface area contributed by atoms with Gasteiger partial charge in [0.25, 0.3) is 0 Å². The van der Waals surface area contributed by atoms with Crippen molar-refractivity contribution in [2.24, 2.45) is 0 Å². The molecule has 8 heteroatoms. The summed E-state index contributed by atoms with van der Waals surface area (Å²) >= 11 is 0. The van der Waals surface area contributed by atoms with Gasteiger partial charge in [0.05, 0.1) is 13.0 Å². The topological polar surface area (TPSA) is 9.23 Å². The van der Waals surface area contributed by atoms with Gasteiger partial charge in [-0.2, -0.15) is 22.0 Å². The Balaban J connectivity index is 2.08. The number of hydrogen-bond acceptors (Lipinski definition) is 1. The second-order valence-electron chi connectivity index (χ2n) is 5.71. The molecule has 0 aliphatic rings. The molecule has 0 aromatic heterocycles. The first-order valence-corrected chi connectivity index (χ1v) is 7.66. The average molecular weight is 380 g/mol.